The van der Waals surface area contributed by atoms with Crippen LogP contribution in [0.15, 0.2) is 46.9 Å². The molecule has 2 aromatic carbocycles. The number of nitro benzene ring substituents is 1. The summed E-state index contributed by atoms with van der Waals surface area (Å²) in [5, 5.41) is 20.5. The fourth-order valence-electron chi connectivity index (χ4n) is 1.91. The van der Waals surface area contributed by atoms with Crippen molar-refractivity contribution in [2.75, 3.05) is 0 Å². The summed E-state index contributed by atoms with van der Waals surface area (Å²) in [6.45, 7) is 0. The first-order chi connectivity index (χ1) is 9.52. The van der Waals surface area contributed by atoms with Crippen molar-refractivity contribution in [3.8, 4) is 5.75 Å². The average molecular weight is 336 g/mol. The van der Waals surface area contributed by atoms with Gasteiger partial charge in [-0.15, -0.1) is 0 Å². The number of carbonyl (C=O) groups excluding carboxylic acids is 1. The van der Waals surface area contributed by atoms with E-state index in [1.54, 1.807) is 12.1 Å². The number of aldehydes is 1. The number of non-ortho nitro benzene ring substituents is 1. The van der Waals surface area contributed by atoms with Crippen LogP contribution < -0.4 is 0 Å². The van der Waals surface area contributed by atoms with E-state index in [1.807, 2.05) is 0 Å². The van der Waals surface area contributed by atoms with Crippen LogP contribution in [0.25, 0.3) is 0 Å². The second kappa shape index (κ2) is 5.83. The number of benzene rings is 2. The lowest BCUT2D eigenvalue weighted by atomic mass is 9.92. The highest BCUT2D eigenvalue weighted by Gasteiger charge is 2.18. The summed E-state index contributed by atoms with van der Waals surface area (Å²) < 4.78 is 0.735. The van der Waals surface area contributed by atoms with Crippen molar-refractivity contribution in [3.63, 3.8) is 0 Å². The van der Waals surface area contributed by atoms with Crippen molar-refractivity contribution in [2.45, 2.75) is 5.92 Å². The number of nitrogens with zero attached hydrogens (tertiary/aromatic N) is 1. The summed E-state index contributed by atoms with van der Waals surface area (Å²) in [6.07, 6.45) is 0.697. The molecule has 2 rings (SSSR count). The van der Waals surface area contributed by atoms with E-state index in [0.29, 0.717) is 17.4 Å². The summed E-state index contributed by atoms with van der Waals surface area (Å²) in [4.78, 5) is 21.4. The third-order valence-corrected chi connectivity index (χ3v) is 3.42. The summed E-state index contributed by atoms with van der Waals surface area (Å²) in [5.41, 5.74) is 0.985. The zero-order valence-electron chi connectivity index (χ0n) is 10.2. The number of halogens is 1. The SMILES string of the molecule is O=CC(c1ccc([N+](=O)[O-])cc1)c1cc(Br)ccc1O. The van der Waals surface area contributed by atoms with Gasteiger partial charge in [0.25, 0.3) is 5.69 Å². The summed E-state index contributed by atoms with van der Waals surface area (Å²) in [7, 11) is 0. The molecule has 0 heterocycles. The Labute approximate surface area is 123 Å². The largest absolute Gasteiger partial charge is 0.508 e. The topological polar surface area (TPSA) is 80.4 Å². The number of phenolic OH excluding ortho intramolecular Hbond substituents is 1. The Morgan fingerprint density at radius 1 is 1.20 bits per heavy atom. The van der Waals surface area contributed by atoms with Crippen molar-refractivity contribution < 1.29 is 14.8 Å². The zero-order valence-corrected chi connectivity index (χ0v) is 11.8. The third kappa shape index (κ3) is 2.85. The van der Waals surface area contributed by atoms with E-state index >= 15 is 0 Å². The van der Waals surface area contributed by atoms with E-state index in [1.165, 1.54) is 30.3 Å². The first kappa shape index (κ1) is 14.2. The van der Waals surface area contributed by atoms with Gasteiger partial charge in [0.05, 0.1) is 10.8 Å². The molecule has 2 aromatic rings. The second-order valence-corrected chi connectivity index (χ2v) is 5.08. The average Bonchev–Trinajstić information content (AvgIpc) is 2.44. The highest BCUT2D eigenvalue weighted by atomic mass is 79.9. The maximum atomic E-state index is 11.3. The van der Waals surface area contributed by atoms with Gasteiger partial charge in [-0.05, 0) is 23.8 Å². The van der Waals surface area contributed by atoms with E-state index in [-0.39, 0.29) is 11.4 Å². The monoisotopic (exact) mass is 335 g/mol. The van der Waals surface area contributed by atoms with E-state index < -0.39 is 10.8 Å². The smallest absolute Gasteiger partial charge is 0.269 e. The molecule has 102 valence electrons. The predicted octanol–water partition coefficient (Wildman–Crippen LogP) is 3.39. The van der Waals surface area contributed by atoms with Gasteiger partial charge >= 0.3 is 0 Å². The van der Waals surface area contributed by atoms with Gasteiger partial charge in [0.1, 0.15) is 12.0 Å². The zero-order chi connectivity index (χ0) is 14.7. The van der Waals surface area contributed by atoms with Gasteiger partial charge in [0.2, 0.25) is 0 Å². The molecule has 0 radical (unpaired) electrons. The lowest BCUT2D eigenvalue weighted by Crippen LogP contribution is -2.03. The fraction of sp³-hybridized carbons (Fsp3) is 0.0714. The van der Waals surface area contributed by atoms with Crippen LogP contribution in [-0.2, 0) is 4.79 Å². The molecule has 0 aromatic heterocycles. The van der Waals surface area contributed by atoms with Crippen LogP contribution in [0.1, 0.15) is 17.0 Å². The van der Waals surface area contributed by atoms with Gasteiger partial charge in [0, 0.05) is 22.2 Å². The molecule has 0 bridgehead atoms. The Bertz CT molecular complexity index is 655. The molecule has 20 heavy (non-hydrogen) atoms. The van der Waals surface area contributed by atoms with Gasteiger partial charge in [-0.25, -0.2) is 0 Å². The fourth-order valence-corrected chi connectivity index (χ4v) is 2.29. The molecular formula is C14H10BrNO4. The Morgan fingerprint density at radius 2 is 1.85 bits per heavy atom. The van der Waals surface area contributed by atoms with Crippen LogP contribution >= 0.6 is 15.9 Å². The first-order valence-electron chi connectivity index (χ1n) is 5.71. The highest BCUT2D eigenvalue weighted by molar-refractivity contribution is 9.10. The Kier molecular flexibility index (Phi) is 4.14. The molecule has 1 atom stereocenters. The molecule has 1 unspecified atom stereocenters. The number of hydrogen-bond donors (Lipinski definition) is 1. The Balaban J connectivity index is 2.44. The summed E-state index contributed by atoms with van der Waals surface area (Å²) in [6, 6.07) is 10.5. The van der Waals surface area contributed by atoms with Gasteiger partial charge in [-0.1, -0.05) is 28.1 Å². The first-order valence-corrected chi connectivity index (χ1v) is 6.50. The van der Waals surface area contributed by atoms with Gasteiger partial charge in [-0.3, -0.25) is 10.1 Å². The highest BCUT2D eigenvalue weighted by Crippen LogP contribution is 2.32. The number of hydrogen-bond acceptors (Lipinski definition) is 4. The summed E-state index contributed by atoms with van der Waals surface area (Å²) in [5.74, 6) is -0.669. The molecule has 0 saturated heterocycles. The molecule has 1 N–H and O–H groups in total. The maximum Gasteiger partial charge on any atom is 0.269 e. The van der Waals surface area contributed by atoms with E-state index in [9.17, 15) is 20.0 Å². The van der Waals surface area contributed by atoms with Crippen molar-refractivity contribution in [1.82, 2.24) is 0 Å². The lowest BCUT2D eigenvalue weighted by molar-refractivity contribution is -0.384. The molecular weight excluding hydrogens is 326 g/mol. The molecule has 0 spiro atoms. The third-order valence-electron chi connectivity index (χ3n) is 2.92. The number of aromatic hydroxyl groups is 1. The Hall–Kier alpha value is -2.21. The number of carbonyl (C=O) groups is 1. The second-order valence-electron chi connectivity index (χ2n) is 4.17. The van der Waals surface area contributed by atoms with Crippen molar-refractivity contribution in [3.05, 3.63) is 68.2 Å². The maximum absolute atomic E-state index is 11.3. The van der Waals surface area contributed by atoms with Gasteiger partial charge < -0.3 is 9.90 Å². The predicted molar refractivity (Wildman–Crippen MR) is 76.8 cm³/mol. The number of nitro groups is 1. The van der Waals surface area contributed by atoms with Crippen molar-refractivity contribution in [1.29, 1.82) is 0 Å². The molecule has 6 heteroatoms. The molecule has 0 aliphatic carbocycles. The standard InChI is InChI=1S/C14H10BrNO4/c15-10-3-6-14(18)12(7-10)13(8-17)9-1-4-11(5-2-9)16(19)20/h1-8,13,18H. The molecule has 0 saturated carbocycles. The Morgan fingerprint density at radius 3 is 2.40 bits per heavy atom. The van der Waals surface area contributed by atoms with Crippen LogP contribution in [0.5, 0.6) is 5.75 Å². The van der Waals surface area contributed by atoms with Crippen LogP contribution in [0.3, 0.4) is 0 Å². The van der Waals surface area contributed by atoms with Crippen LogP contribution in [0.4, 0.5) is 5.69 Å². The molecule has 0 amide bonds. The molecule has 0 aliphatic heterocycles. The van der Waals surface area contributed by atoms with Crippen molar-refractivity contribution >= 4 is 27.9 Å². The molecule has 0 fully saturated rings. The minimum absolute atomic E-state index is 0.00338. The van der Waals surface area contributed by atoms with Gasteiger partial charge in [0.15, 0.2) is 0 Å². The van der Waals surface area contributed by atoms with E-state index in [2.05, 4.69) is 15.9 Å². The van der Waals surface area contributed by atoms with Gasteiger partial charge in [-0.2, -0.15) is 0 Å². The summed E-state index contributed by atoms with van der Waals surface area (Å²) >= 11 is 3.28. The number of phenols is 1. The normalized spacial score (nSPS) is 11.8. The minimum Gasteiger partial charge on any atom is -0.508 e. The molecule has 0 aliphatic rings. The van der Waals surface area contributed by atoms with E-state index in [4.69, 9.17) is 0 Å². The quantitative estimate of drug-likeness (QED) is 0.527. The van der Waals surface area contributed by atoms with E-state index in [0.717, 1.165) is 4.47 Å². The van der Waals surface area contributed by atoms with Crippen LogP contribution in [0, 0.1) is 10.1 Å². The number of rotatable bonds is 4. The minimum atomic E-state index is -0.673. The van der Waals surface area contributed by atoms with Crippen LogP contribution in [0.2, 0.25) is 0 Å². The van der Waals surface area contributed by atoms with Crippen molar-refractivity contribution in [2.24, 2.45) is 0 Å². The molecule has 5 nitrogen and oxygen atoms in total. The van der Waals surface area contributed by atoms with Crippen LogP contribution in [-0.4, -0.2) is 16.3 Å². The lowest BCUT2D eigenvalue weighted by Gasteiger charge is -2.13.